The van der Waals surface area contributed by atoms with E-state index in [1.165, 1.54) is 0 Å². The number of hydrogen-bond donors (Lipinski definition) is 0. The van der Waals surface area contributed by atoms with E-state index in [1.54, 1.807) is 24.8 Å². The van der Waals surface area contributed by atoms with Crippen molar-refractivity contribution in [1.82, 2.24) is 39.9 Å². The van der Waals surface area contributed by atoms with Gasteiger partial charge in [0, 0.05) is 48.4 Å². The van der Waals surface area contributed by atoms with E-state index in [2.05, 4.69) is 35.3 Å². The largest absolute Gasteiger partial charge is 0.420 e. The molecule has 10 heteroatoms. The second-order valence-electron chi connectivity index (χ2n) is 7.56. The first kappa shape index (κ1) is 20.9. The zero-order valence-corrected chi connectivity index (χ0v) is 18.7. The normalized spacial score (nSPS) is 12.1. The summed E-state index contributed by atoms with van der Waals surface area (Å²) in [6, 6.07) is 11.3. The molecule has 0 radical (unpaired) electrons. The van der Waals surface area contributed by atoms with Gasteiger partial charge in [0.25, 0.3) is 0 Å². The third-order valence-electron chi connectivity index (χ3n) is 5.16. The van der Waals surface area contributed by atoms with Gasteiger partial charge >= 0.3 is 0 Å². The molecular weight excluding hydrogens is 440 g/mol. The molecular formula is C23H19ClN8O. The lowest BCUT2D eigenvalue weighted by atomic mass is 10.1. The van der Waals surface area contributed by atoms with Crippen molar-refractivity contribution in [1.29, 1.82) is 0 Å². The minimum Gasteiger partial charge on any atom is -0.420 e. The molecule has 5 rings (SSSR count). The molecule has 0 saturated heterocycles. The summed E-state index contributed by atoms with van der Waals surface area (Å²) in [5, 5.41) is 17.7. The Morgan fingerprint density at radius 1 is 0.939 bits per heavy atom. The fourth-order valence-electron chi connectivity index (χ4n) is 3.44. The van der Waals surface area contributed by atoms with Crippen LogP contribution in [0, 0.1) is 6.92 Å². The monoisotopic (exact) mass is 458 g/mol. The van der Waals surface area contributed by atoms with Crippen LogP contribution < -0.4 is 0 Å². The number of aryl methyl sites for hydroxylation is 1. The van der Waals surface area contributed by atoms with Crippen molar-refractivity contribution in [3.63, 3.8) is 0 Å². The van der Waals surface area contributed by atoms with E-state index in [0.717, 1.165) is 16.8 Å². The SMILES string of the molecule is Cc1ccc(-c2nnc(C(C)Cc3nnc(-c4ccncc4)n3-c3cccnc3Cl)o2)cn1. The molecule has 0 amide bonds. The van der Waals surface area contributed by atoms with Crippen LogP contribution in [0.15, 0.2) is 65.6 Å². The first-order valence-corrected chi connectivity index (χ1v) is 10.7. The summed E-state index contributed by atoms with van der Waals surface area (Å²) in [6.45, 7) is 3.93. The Bertz CT molecular complexity index is 1380. The Morgan fingerprint density at radius 3 is 2.55 bits per heavy atom. The van der Waals surface area contributed by atoms with Gasteiger partial charge in [-0.3, -0.25) is 14.5 Å². The predicted octanol–water partition coefficient (Wildman–Crippen LogP) is 4.48. The second-order valence-corrected chi connectivity index (χ2v) is 7.92. The fraction of sp³-hybridized carbons (Fsp3) is 0.174. The number of hydrogen-bond acceptors (Lipinski definition) is 8. The number of rotatable bonds is 6. The molecule has 0 aliphatic heterocycles. The lowest BCUT2D eigenvalue weighted by Gasteiger charge is -2.13. The number of aromatic nitrogens is 8. The molecule has 0 aliphatic rings. The van der Waals surface area contributed by atoms with Crippen molar-refractivity contribution in [2.45, 2.75) is 26.2 Å². The Hall–Kier alpha value is -3.98. The van der Waals surface area contributed by atoms with Crippen molar-refractivity contribution < 1.29 is 4.42 Å². The van der Waals surface area contributed by atoms with Crippen molar-refractivity contribution in [2.24, 2.45) is 0 Å². The highest BCUT2D eigenvalue weighted by molar-refractivity contribution is 6.31. The van der Waals surface area contributed by atoms with E-state index in [1.807, 2.05) is 54.8 Å². The quantitative estimate of drug-likeness (QED) is 0.343. The van der Waals surface area contributed by atoms with E-state index >= 15 is 0 Å². The Labute approximate surface area is 194 Å². The van der Waals surface area contributed by atoms with Gasteiger partial charge in [0.05, 0.1) is 11.3 Å². The van der Waals surface area contributed by atoms with Crippen LogP contribution in [-0.2, 0) is 6.42 Å². The van der Waals surface area contributed by atoms with Gasteiger partial charge in [0.1, 0.15) is 5.82 Å². The standard InChI is InChI=1S/C23H19ClN8O/c1-14(22-30-31-23(33-22)17-6-5-15(2)27-13-17)12-19-28-29-21(16-7-10-25-11-8-16)32(19)18-4-3-9-26-20(18)24/h3-11,13-14H,12H2,1-2H3. The van der Waals surface area contributed by atoms with Gasteiger partial charge in [-0.15, -0.1) is 20.4 Å². The molecule has 5 aromatic rings. The molecule has 164 valence electrons. The van der Waals surface area contributed by atoms with E-state index in [0.29, 0.717) is 40.7 Å². The summed E-state index contributed by atoms with van der Waals surface area (Å²) in [5.41, 5.74) is 3.25. The van der Waals surface area contributed by atoms with Crippen LogP contribution in [0.25, 0.3) is 28.5 Å². The minimum absolute atomic E-state index is 0.117. The van der Waals surface area contributed by atoms with Crippen LogP contribution in [-0.4, -0.2) is 39.9 Å². The first-order chi connectivity index (χ1) is 16.1. The van der Waals surface area contributed by atoms with Gasteiger partial charge in [-0.2, -0.15) is 0 Å². The molecule has 0 saturated carbocycles. The summed E-state index contributed by atoms with van der Waals surface area (Å²) in [7, 11) is 0. The highest BCUT2D eigenvalue weighted by Gasteiger charge is 2.23. The van der Waals surface area contributed by atoms with Crippen LogP contribution in [0.4, 0.5) is 0 Å². The van der Waals surface area contributed by atoms with Crippen molar-refractivity contribution in [2.75, 3.05) is 0 Å². The van der Waals surface area contributed by atoms with Crippen LogP contribution in [0.2, 0.25) is 5.15 Å². The molecule has 0 aliphatic carbocycles. The average molecular weight is 459 g/mol. The summed E-state index contributed by atoms with van der Waals surface area (Å²) < 4.78 is 7.84. The molecule has 9 nitrogen and oxygen atoms in total. The van der Waals surface area contributed by atoms with E-state index in [4.69, 9.17) is 16.0 Å². The molecule has 33 heavy (non-hydrogen) atoms. The van der Waals surface area contributed by atoms with Gasteiger partial charge in [-0.25, -0.2) is 4.98 Å². The van der Waals surface area contributed by atoms with Crippen LogP contribution >= 0.6 is 11.6 Å². The summed E-state index contributed by atoms with van der Waals surface area (Å²) >= 11 is 6.44. The highest BCUT2D eigenvalue weighted by Crippen LogP contribution is 2.29. The zero-order chi connectivity index (χ0) is 22.8. The lowest BCUT2D eigenvalue weighted by molar-refractivity contribution is 0.461. The molecule has 1 atom stereocenters. The van der Waals surface area contributed by atoms with Gasteiger partial charge in [-0.05, 0) is 43.3 Å². The topological polar surface area (TPSA) is 108 Å². The Kier molecular flexibility index (Phi) is 5.62. The summed E-state index contributed by atoms with van der Waals surface area (Å²) in [5.74, 6) is 2.15. The zero-order valence-electron chi connectivity index (χ0n) is 17.9. The van der Waals surface area contributed by atoms with Crippen LogP contribution in [0.1, 0.15) is 30.3 Å². The smallest absolute Gasteiger partial charge is 0.249 e. The number of nitrogens with zero attached hydrogens (tertiary/aromatic N) is 8. The molecule has 0 bridgehead atoms. The predicted molar refractivity (Wildman–Crippen MR) is 122 cm³/mol. The first-order valence-electron chi connectivity index (χ1n) is 10.3. The van der Waals surface area contributed by atoms with Crippen molar-refractivity contribution in [3.8, 4) is 28.5 Å². The van der Waals surface area contributed by atoms with Crippen LogP contribution in [0.5, 0.6) is 0 Å². The molecule has 0 fully saturated rings. The Morgan fingerprint density at radius 2 is 1.79 bits per heavy atom. The van der Waals surface area contributed by atoms with Gasteiger partial charge < -0.3 is 4.42 Å². The number of halogens is 1. The molecule has 0 aromatic carbocycles. The van der Waals surface area contributed by atoms with E-state index < -0.39 is 0 Å². The van der Waals surface area contributed by atoms with E-state index in [9.17, 15) is 0 Å². The molecule has 5 aromatic heterocycles. The maximum Gasteiger partial charge on any atom is 0.249 e. The highest BCUT2D eigenvalue weighted by atomic mass is 35.5. The molecule has 0 N–H and O–H groups in total. The van der Waals surface area contributed by atoms with Crippen molar-refractivity contribution >= 4 is 11.6 Å². The van der Waals surface area contributed by atoms with Gasteiger partial charge in [0.2, 0.25) is 11.8 Å². The molecule has 5 heterocycles. The average Bonchev–Trinajstić information content (AvgIpc) is 3.48. The lowest BCUT2D eigenvalue weighted by Crippen LogP contribution is -2.08. The number of pyridine rings is 3. The third-order valence-corrected chi connectivity index (χ3v) is 5.45. The third kappa shape index (κ3) is 4.22. The van der Waals surface area contributed by atoms with Crippen molar-refractivity contribution in [3.05, 3.63) is 83.7 Å². The van der Waals surface area contributed by atoms with Gasteiger partial charge in [0.15, 0.2) is 11.0 Å². The molecule has 0 spiro atoms. The Balaban J connectivity index is 1.49. The second kappa shape index (κ2) is 8.87. The summed E-state index contributed by atoms with van der Waals surface area (Å²) in [6.07, 6.45) is 7.28. The summed E-state index contributed by atoms with van der Waals surface area (Å²) in [4.78, 5) is 12.6. The van der Waals surface area contributed by atoms with Gasteiger partial charge in [-0.1, -0.05) is 18.5 Å². The minimum atomic E-state index is -0.117. The fourth-order valence-corrected chi connectivity index (χ4v) is 3.64. The molecule has 1 unspecified atom stereocenters. The van der Waals surface area contributed by atoms with E-state index in [-0.39, 0.29) is 5.92 Å². The maximum atomic E-state index is 6.44. The van der Waals surface area contributed by atoms with Crippen LogP contribution in [0.3, 0.4) is 0 Å². The maximum absolute atomic E-state index is 6.44.